The lowest BCUT2D eigenvalue weighted by molar-refractivity contribution is 0.398. The van der Waals surface area contributed by atoms with Crippen molar-refractivity contribution in [1.29, 1.82) is 0 Å². The zero-order valence-electron chi connectivity index (χ0n) is 9.50. The van der Waals surface area contributed by atoms with Crippen molar-refractivity contribution in [2.24, 2.45) is 0 Å². The average molecular weight is 193 g/mol. The SMILES string of the molecule is CCc1nccc(C(C)CC)c1OC. The number of pyridine rings is 1. The maximum atomic E-state index is 5.43. The van der Waals surface area contributed by atoms with Gasteiger partial charge in [-0.05, 0) is 24.8 Å². The molecule has 1 rings (SSSR count). The second kappa shape index (κ2) is 4.99. The van der Waals surface area contributed by atoms with Crippen molar-refractivity contribution in [2.75, 3.05) is 7.11 Å². The first-order chi connectivity index (χ1) is 6.74. The van der Waals surface area contributed by atoms with Crippen molar-refractivity contribution in [3.05, 3.63) is 23.5 Å². The summed E-state index contributed by atoms with van der Waals surface area (Å²) in [6.45, 7) is 6.51. The number of nitrogens with zero attached hydrogens (tertiary/aromatic N) is 1. The van der Waals surface area contributed by atoms with E-state index in [4.69, 9.17) is 4.74 Å². The summed E-state index contributed by atoms with van der Waals surface area (Å²) in [4.78, 5) is 4.32. The van der Waals surface area contributed by atoms with Crippen LogP contribution in [0.15, 0.2) is 12.3 Å². The fourth-order valence-electron chi connectivity index (χ4n) is 1.60. The lowest BCUT2D eigenvalue weighted by Crippen LogP contribution is -2.01. The van der Waals surface area contributed by atoms with E-state index in [9.17, 15) is 0 Å². The molecular weight excluding hydrogens is 174 g/mol. The Balaban J connectivity index is 3.14. The molecule has 0 saturated carbocycles. The molecule has 1 aromatic rings. The van der Waals surface area contributed by atoms with E-state index in [0.29, 0.717) is 5.92 Å². The van der Waals surface area contributed by atoms with Crippen LogP contribution in [-0.4, -0.2) is 12.1 Å². The standard InChI is InChI=1S/C12H19NO/c1-5-9(3)10-7-8-13-11(6-2)12(10)14-4/h7-9H,5-6H2,1-4H3. The van der Waals surface area contributed by atoms with Crippen molar-refractivity contribution < 1.29 is 4.74 Å². The van der Waals surface area contributed by atoms with Crippen LogP contribution in [-0.2, 0) is 6.42 Å². The topological polar surface area (TPSA) is 22.1 Å². The molecule has 1 atom stereocenters. The number of rotatable bonds is 4. The largest absolute Gasteiger partial charge is 0.495 e. The second-order valence-corrected chi connectivity index (χ2v) is 3.54. The van der Waals surface area contributed by atoms with Crippen molar-refractivity contribution in [1.82, 2.24) is 4.98 Å². The number of aryl methyl sites for hydroxylation is 1. The number of ether oxygens (including phenoxy) is 1. The van der Waals surface area contributed by atoms with Crippen molar-refractivity contribution in [2.45, 2.75) is 39.5 Å². The Hall–Kier alpha value is -1.05. The fourth-order valence-corrected chi connectivity index (χ4v) is 1.60. The highest BCUT2D eigenvalue weighted by Crippen LogP contribution is 2.30. The van der Waals surface area contributed by atoms with E-state index in [2.05, 4.69) is 31.8 Å². The van der Waals surface area contributed by atoms with Gasteiger partial charge in [0.15, 0.2) is 0 Å². The predicted molar refractivity (Wildman–Crippen MR) is 58.9 cm³/mol. The average Bonchev–Trinajstić information content (AvgIpc) is 2.26. The van der Waals surface area contributed by atoms with Crippen LogP contribution in [0.4, 0.5) is 0 Å². The van der Waals surface area contributed by atoms with Crippen molar-refractivity contribution in [3.63, 3.8) is 0 Å². The van der Waals surface area contributed by atoms with Gasteiger partial charge < -0.3 is 4.74 Å². The third-order valence-corrected chi connectivity index (χ3v) is 2.69. The van der Waals surface area contributed by atoms with E-state index in [1.165, 1.54) is 5.56 Å². The van der Waals surface area contributed by atoms with Gasteiger partial charge in [-0.3, -0.25) is 4.98 Å². The van der Waals surface area contributed by atoms with Gasteiger partial charge in [0.25, 0.3) is 0 Å². The Morgan fingerprint density at radius 2 is 2.14 bits per heavy atom. The Labute approximate surface area is 86.3 Å². The highest BCUT2D eigenvalue weighted by Gasteiger charge is 2.13. The van der Waals surface area contributed by atoms with Crippen LogP contribution >= 0.6 is 0 Å². The van der Waals surface area contributed by atoms with Gasteiger partial charge in [0, 0.05) is 11.8 Å². The monoisotopic (exact) mass is 193 g/mol. The summed E-state index contributed by atoms with van der Waals surface area (Å²) in [6, 6.07) is 2.06. The van der Waals surface area contributed by atoms with Crippen molar-refractivity contribution >= 4 is 0 Å². The Morgan fingerprint density at radius 3 is 2.64 bits per heavy atom. The van der Waals surface area contributed by atoms with E-state index in [1.54, 1.807) is 7.11 Å². The Bertz CT molecular complexity index is 296. The molecule has 0 aromatic carbocycles. The maximum Gasteiger partial charge on any atom is 0.143 e. The summed E-state index contributed by atoms with van der Waals surface area (Å²) in [6.07, 6.45) is 3.93. The van der Waals surface area contributed by atoms with Crippen LogP contribution in [0.5, 0.6) is 5.75 Å². The molecule has 0 amide bonds. The minimum Gasteiger partial charge on any atom is -0.495 e. The zero-order chi connectivity index (χ0) is 10.6. The smallest absolute Gasteiger partial charge is 0.143 e. The van der Waals surface area contributed by atoms with Gasteiger partial charge in [-0.2, -0.15) is 0 Å². The molecule has 0 saturated heterocycles. The molecule has 0 fully saturated rings. The van der Waals surface area contributed by atoms with Gasteiger partial charge in [-0.15, -0.1) is 0 Å². The molecule has 0 spiro atoms. The van der Waals surface area contributed by atoms with Crippen LogP contribution in [0.3, 0.4) is 0 Å². The number of hydrogen-bond acceptors (Lipinski definition) is 2. The molecule has 0 aliphatic rings. The highest BCUT2D eigenvalue weighted by atomic mass is 16.5. The molecule has 0 aliphatic carbocycles. The molecule has 1 heterocycles. The summed E-state index contributed by atoms with van der Waals surface area (Å²) in [5.74, 6) is 1.52. The number of aromatic nitrogens is 1. The predicted octanol–water partition coefficient (Wildman–Crippen LogP) is 3.17. The third-order valence-electron chi connectivity index (χ3n) is 2.69. The molecule has 78 valence electrons. The van der Waals surface area contributed by atoms with E-state index in [-0.39, 0.29) is 0 Å². The summed E-state index contributed by atoms with van der Waals surface area (Å²) in [5, 5.41) is 0. The molecule has 0 bridgehead atoms. The normalized spacial score (nSPS) is 12.6. The van der Waals surface area contributed by atoms with E-state index in [1.807, 2.05) is 6.20 Å². The maximum absolute atomic E-state index is 5.43. The Kier molecular flexibility index (Phi) is 3.93. The highest BCUT2D eigenvalue weighted by molar-refractivity contribution is 5.39. The molecule has 2 nitrogen and oxygen atoms in total. The van der Waals surface area contributed by atoms with Crippen molar-refractivity contribution in [3.8, 4) is 5.75 Å². The first-order valence-corrected chi connectivity index (χ1v) is 5.26. The number of hydrogen-bond donors (Lipinski definition) is 0. The quantitative estimate of drug-likeness (QED) is 0.732. The van der Waals surface area contributed by atoms with E-state index in [0.717, 1.165) is 24.3 Å². The second-order valence-electron chi connectivity index (χ2n) is 3.54. The molecular formula is C12H19NO. The summed E-state index contributed by atoms with van der Waals surface area (Å²) >= 11 is 0. The molecule has 0 aliphatic heterocycles. The minimum atomic E-state index is 0.540. The lowest BCUT2D eigenvalue weighted by atomic mass is 9.97. The lowest BCUT2D eigenvalue weighted by Gasteiger charge is -2.15. The molecule has 0 radical (unpaired) electrons. The van der Waals surface area contributed by atoms with Gasteiger partial charge in [-0.25, -0.2) is 0 Å². The van der Waals surface area contributed by atoms with Gasteiger partial charge in [0.2, 0.25) is 0 Å². The minimum absolute atomic E-state index is 0.540. The molecule has 14 heavy (non-hydrogen) atoms. The summed E-state index contributed by atoms with van der Waals surface area (Å²) in [5.41, 5.74) is 2.34. The van der Waals surface area contributed by atoms with Gasteiger partial charge in [-0.1, -0.05) is 20.8 Å². The van der Waals surface area contributed by atoms with Gasteiger partial charge in [0.1, 0.15) is 5.75 Å². The third kappa shape index (κ3) is 2.06. The molecule has 1 aromatic heterocycles. The Morgan fingerprint density at radius 1 is 1.43 bits per heavy atom. The molecule has 2 heteroatoms. The summed E-state index contributed by atoms with van der Waals surface area (Å²) in [7, 11) is 1.72. The first kappa shape index (κ1) is 11.0. The van der Waals surface area contributed by atoms with E-state index < -0.39 is 0 Å². The number of methoxy groups -OCH3 is 1. The van der Waals surface area contributed by atoms with Crippen LogP contribution in [0.25, 0.3) is 0 Å². The summed E-state index contributed by atoms with van der Waals surface area (Å²) < 4.78 is 5.43. The zero-order valence-corrected chi connectivity index (χ0v) is 9.50. The molecule has 0 N–H and O–H groups in total. The van der Waals surface area contributed by atoms with Gasteiger partial charge in [0.05, 0.1) is 12.8 Å². The van der Waals surface area contributed by atoms with Crippen LogP contribution in [0.1, 0.15) is 44.4 Å². The van der Waals surface area contributed by atoms with Crippen LogP contribution in [0, 0.1) is 0 Å². The van der Waals surface area contributed by atoms with Crippen LogP contribution in [0.2, 0.25) is 0 Å². The van der Waals surface area contributed by atoms with Gasteiger partial charge >= 0.3 is 0 Å². The first-order valence-electron chi connectivity index (χ1n) is 5.26. The van der Waals surface area contributed by atoms with E-state index >= 15 is 0 Å². The fraction of sp³-hybridized carbons (Fsp3) is 0.583. The molecule has 1 unspecified atom stereocenters. The van der Waals surface area contributed by atoms with Crippen LogP contribution < -0.4 is 4.74 Å².